The minimum atomic E-state index is -0.311. The fourth-order valence-electron chi connectivity index (χ4n) is 3.77. The van der Waals surface area contributed by atoms with Gasteiger partial charge in [0.05, 0.1) is 16.6 Å². The summed E-state index contributed by atoms with van der Waals surface area (Å²) in [5.41, 5.74) is 9.47. The Morgan fingerprint density at radius 1 is 0.818 bits per heavy atom. The number of carbonyl (C=O) groups excluding carboxylic acids is 1. The fraction of sp³-hybridized carbons (Fsp3) is 0.214. The van der Waals surface area contributed by atoms with Gasteiger partial charge in [-0.15, -0.1) is 0 Å². The van der Waals surface area contributed by atoms with Gasteiger partial charge in [0.1, 0.15) is 0 Å². The summed E-state index contributed by atoms with van der Waals surface area (Å²) in [6, 6.07) is 22.8. The van der Waals surface area contributed by atoms with Gasteiger partial charge in [0.15, 0.2) is 5.16 Å². The van der Waals surface area contributed by atoms with Crippen LogP contribution in [0.4, 0.5) is 5.69 Å². The molecule has 5 heteroatoms. The lowest BCUT2D eigenvalue weighted by Crippen LogP contribution is -2.22. The van der Waals surface area contributed by atoms with E-state index in [2.05, 4.69) is 78.7 Å². The maximum atomic E-state index is 12.9. The Balaban J connectivity index is 1.60. The second-order valence-electron chi connectivity index (χ2n) is 8.62. The van der Waals surface area contributed by atoms with Gasteiger partial charge in [-0.2, -0.15) is 0 Å². The van der Waals surface area contributed by atoms with Crippen LogP contribution in [0, 0.1) is 27.7 Å². The number of imidazole rings is 1. The van der Waals surface area contributed by atoms with Crippen LogP contribution in [0.15, 0.2) is 71.9 Å². The Morgan fingerprint density at radius 2 is 1.36 bits per heavy atom. The van der Waals surface area contributed by atoms with Crippen LogP contribution in [0.1, 0.15) is 29.2 Å². The Hall–Kier alpha value is -3.31. The number of thioether (sulfide) groups is 1. The lowest BCUT2D eigenvalue weighted by molar-refractivity contribution is -0.115. The third kappa shape index (κ3) is 5.55. The van der Waals surface area contributed by atoms with Gasteiger partial charge >= 0.3 is 0 Å². The van der Waals surface area contributed by atoms with Crippen molar-refractivity contribution in [2.75, 3.05) is 5.32 Å². The lowest BCUT2D eigenvalue weighted by atomic mass is 10.0. The normalized spacial score (nSPS) is 11.9. The van der Waals surface area contributed by atoms with E-state index in [-0.39, 0.29) is 11.2 Å². The van der Waals surface area contributed by atoms with Crippen molar-refractivity contribution in [1.82, 2.24) is 9.97 Å². The number of aromatic nitrogens is 2. The van der Waals surface area contributed by atoms with Crippen LogP contribution in [0.2, 0.25) is 0 Å². The van der Waals surface area contributed by atoms with E-state index in [4.69, 9.17) is 4.98 Å². The number of hydrogen-bond donors (Lipinski definition) is 2. The van der Waals surface area contributed by atoms with Gasteiger partial charge in [0.25, 0.3) is 0 Å². The molecule has 0 aliphatic carbocycles. The molecule has 1 atom stereocenters. The Morgan fingerprint density at radius 3 is 1.94 bits per heavy atom. The van der Waals surface area contributed by atoms with Crippen molar-refractivity contribution in [3.63, 3.8) is 0 Å². The third-order valence-electron chi connectivity index (χ3n) is 5.49. The number of nitrogens with zero attached hydrogens (tertiary/aromatic N) is 1. The molecule has 0 bridgehead atoms. The minimum Gasteiger partial charge on any atom is -0.332 e. The highest BCUT2D eigenvalue weighted by atomic mass is 32.2. The molecule has 0 fully saturated rings. The molecular formula is C28H29N3OS. The fourth-order valence-corrected chi connectivity index (χ4v) is 4.57. The number of hydrogen-bond acceptors (Lipinski definition) is 3. The van der Waals surface area contributed by atoms with Crippen LogP contribution >= 0.6 is 11.8 Å². The molecule has 0 saturated heterocycles. The van der Waals surface area contributed by atoms with Gasteiger partial charge in [-0.3, -0.25) is 4.79 Å². The summed E-state index contributed by atoms with van der Waals surface area (Å²) in [5.74, 6) is -0.0461. The van der Waals surface area contributed by atoms with Crippen molar-refractivity contribution in [3.8, 4) is 22.5 Å². The van der Waals surface area contributed by atoms with Crippen LogP contribution < -0.4 is 5.32 Å². The number of carbonyl (C=O) groups is 1. The van der Waals surface area contributed by atoms with E-state index in [1.165, 1.54) is 22.9 Å². The number of rotatable bonds is 6. The number of aromatic amines is 1. The van der Waals surface area contributed by atoms with Gasteiger partial charge in [0, 0.05) is 16.8 Å². The predicted octanol–water partition coefficient (Wildman–Crippen LogP) is 7.10. The Kier molecular flexibility index (Phi) is 6.70. The largest absolute Gasteiger partial charge is 0.332 e. The zero-order valence-electron chi connectivity index (χ0n) is 19.7. The Labute approximate surface area is 199 Å². The topological polar surface area (TPSA) is 57.8 Å². The predicted molar refractivity (Wildman–Crippen MR) is 139 cm³/mol. The zero-order chi connectivity index (χ0) is 23.5. The van der Waals surface area contributed by atoms with Crippen molar-refractivity contribution in [1.29, 1.82) is 0 Å². The molecule has 1 heterocycles. The molecule has 1 unspecified atom stereocenters. The number of amides is 1. The molecule has 168 valence electrons. The summed E-state index contributed by atoms with van der Waals surface area (Å²) < 4.78 is 0. The maximum Gasteiger partial charge on any atom is 0.237 e. The van der Waals surface area contributed by atoms with Gasteiger partial charge in [-0.1, -0.05) is 77.5 Å². The molecule has 4 rings (SSSR count). The summed E-state index contributed by atoms with van der Waals surface area (Å²) in [6.45, 7) is 10.1. The summed E-state index contributed by atoms with van der Waals surface area (Å²) >= 11 is 1.43. The van der Waals surface area contributed by atoms with E-state index in [1.807, 2.05) is 32.9 Å². The molecule has 1 aromatic heterocycles. The van der Waals surface area contributed by atoms with Crippen molar-refractivity contribution in [2.24, 2.45) is 0 Å². The number of benzene rings is 3. The first-order valence-corrected chi connectivity index (χ1v) is 12.0. The zero-order valence-corrected chi connectivity index (χ0v) is 20.5. The SMILES string of the molecule is Cc1ccc(-c2nc(SC(C)C(=O)Nc3cc(C)cc(C)c3)[nH]c2-c2ccc(C)cc2)cc1. The van der Waals surface area contributed by atoms with E-state index in [1.54, 1.807) is 0 Å². The number of aryl methyl sites for hydroxylation is 4. The first-order valence-electron chi connectivity index (χ1n) is 11.1. The van der Waals surface area contributed by atoms with Crippen molar-refractivity contribution < 1.29 is 4.79 Å². The number of H-pyrrole nitrogens is 1. The molecule has 33 heavy (non-hydrogen) atoms. The van der Waals surface area contributed by atoms with Gasteiger partial charge in [-0.25, -0.2) is 4.98 Å². The molecule has 0 aliphatic heterocycles. The van der Waals surface area contributed by atoms with Crippen LogP contribution in [0.5, 0.6) is 0 Å². The highest BCUT2D eigenvalue weighted by Gasteiger charge is 2.20. The Bertz CT molecular complexity index is 1190. The van der Waals surface area contributed by atoms with Gasteiger partial charge < -0.3 is 10.3 Å². The highest BCUT2D eigenvalue weighted by Crippen LogP contribution is 2.34. The molecule has 0 saturated carbocycles. The molecule has 0 radical (unpaired) electrons. The second-order valence-corrected chi connectivity index (χ2v) is 9.95. The smallest absolute Gasteiger partial charge is 0.237 e. The average molecular weight is 456 g/mol. The number of nitrogens with one attached hydrogen (secondary N) is 2. The van der Waals surface area contributed by atoms with Crippen LogP contribution in [0.25, 0.3) is 22.5 Å². The molecule has 2 N–H and O–H groups in total. The van der Waals surface area contributed by atoms with Crippen LogP contribution in [-0.4, -0.2) is 21.1 Å². The summed E-state index contributed by atoms with van der Waals surface area (Å²) in [7, 11) is 0. The van der Waals surface area contributed by atoms with E-state index >= 15 is 0 Å². The molecule has 4 aromatic rings. The second kappa shape index (κ2) is 9.67. The molecule has 0 spiro atoms. The van der Waals surface area contributed by atoms with Crippen molar-refractivity contribution in [2.45, 2.75) is 45.0 Å². The van der Waals surface area contributed by atoms with Gasteiger partial charge in [-0.05, 0) is 57.9 Å². The van der Waals surface area contributed by atoms with Crippen molar-refractivity contribution >= 4 is 23.4 Å². The van der Waals surface area contributed by atoms with E-state index in [0.29, 0.717) is 0 Å². The average Bonchev–Trinajstić information content (AvgIpc) is 3.17. The first kappa shape index (κ1) is 22.9. The standard InChI is InChI=1S/C28H29N3OS/c1-17-6-10-22(11-7-17)25-26(23-12-8-18(2)9-13-23)31-28(30-25)33-21(5)27(32)29-24-15-19(3)14-20(4)16-24/h6-16,21H,1-5H3,(H,29,32)(H,30,31). The van der Waals surface area contributed by atoms with Crippen LogP contribution in [-0.2, 0) is 4.79 Å². The quantitative estimate of drug-likeness (QED) is 0.305. The monoisotopic (exact) mass is 455 g/mol. The summed E-state index contributed by atoms with van der Waals surface area (Å²) in [6.07, 6.45) is 0. The van der Waals surface area contributed by atoms with Crippen LogP contribution in [0.3, 0.4) is 0 Å². The van der Waals surface area contributed by atoms with E-state index in [9.17, 15) is 4.79 Å². The first-order chi connectivity index (χ1) is 15.8. The third-order valence-corrected chi connectivity index (χ3v) is 6.48. The molecular weight excluding hydrogens is 426 g/mol. The van der Waals surface area contributed by atoms with E-state index in [0.717, 1.165) is 44.5 Å². The van der Waals surface area contributed by atoms with Crippen molar-refractivity contribution in [3.05, 3.63) is 89.0 Å². The van der Waals surface area contributed by atoms with Gasteiger partial charge in [0.2, 0.25) is 5.91 Å². The molecule has 3 aromatic carbocycles. The number of anilines is 1. The van der Waals surface area contributed by atoms with E-state index < -0.39 is 0 Å². The highest BCUT2D eigenvalue weighted by molar-refractivity contribution is 8.00. The maximum absolute atomic E-state index is 12.9. The minimum absolute atomic E-state index is 0.0461. The lowest BCUT2D eigenvalue weighted by Gasteiger charge is -2.12. The molecule has 0 aliphatic rings. The molecule has 4 nitrogen and oxygen atoms in total. The molecule has 1 amide bonds. The summed E-state index contributed by atoms with van der Waals surface area (Å²) in [4.78, 5) is 21.2. The summed E-state index contributed by atoms with van der Waals surface area (Å²) in [5, 5.41) is 3.45.